The van der Waals surface area contributed by atoms with Crippen LogP contribution in [0.25, 0.3) is 0 Å². The van der Waals surface area contributed by atoms with Crippen LogP contribution in [0.1, 0.15) is 36.9 Å². The van der Waals surface area contributed by atoms with Crippen molar-refractivity contribution in [2.45, 2.75) is 32.7 Å². The Hall–Kier alpha value is -1.43. The first-order chi connectivity index (χ1) is 13.7. The summed E-state index contributed by atoms with van der Waals surface area (Å²) in [5, 5.41) is 0. The molecule has 0 radical (unpaired) electrons. The van der Waals surface area contributed by atoms with E-state index in [4.69, 9.17) is 9.47 Å². The standard InChI is InChI=1S/C23H34N2O3/c1-3-27-13-10-24-14-19-15-25(23(26)18-8-11-28-12-9-18)22(21(19)16-24)20-7-5-4-6-17(20)2/h4-7,18-19,21-22H,3,8-16H2,1-2H3/t19-,21-,22+/m0/s1. The van der Waals surface area contributed by atoms with Gasteiger partial charge >= 0.3 is 0 Å². The predicted octanol–water partition coefficient (Wildman–Crippen LogP) is 2.89. The van der Waals surface area contributed by atoms with E-state index in [1.807, 2.05) is 6.92 Å². The molecule has 4 rings (SSSR count). The molecule has 0 aliphatic carbocycles. The summed E-state index contributed by atoms with van der Waals surface area (Å²) in [5.74, 6) is 1.57. The molecule has 0 unspecified atom stereocenters. The zero-order chi connectivity index (χ0) is 19.5. The zero-order valence-corrected chi connectivity index (χ0v) is 17.3. The summed E-state index contributed by atoms with van der Waals surface area (Å²) in [7, 11) is 0. The molecule has 28 heavy (non-hydrogen) atoms. The lowest BCUT2D eigenvalue weighted by molar-refractivity contribution is -0.140. The zero-order valence-electron chi connectivity index (χ0n) is 17.3. The van der Waals surface area contributed by atoms with Crippen LogP contribution < -0.4 is 0 Å². The molecule has 0 saturated carbocycles. The number of benzene rings is 1. The van der Waals surface area contributed by atoms with Crippen molar-refractivity contribution in [2.75, 3.05) is 52.6 Å². The van der Waals surface area contributed by atoms with E-state index in [0.717, 1.165) is 65.4 Å². The Kier molecular flexibility index (Phi) is 6.34. The van der Waals surface area contributed by atoms with Crippen molar-refractivity contribution in [2.24, 2.45) is 17.8 Å². The molecule has 5 nitrogen and oxygen atoms in total. The lowest BCUT2D eigenvalue weighted by atomic mass is 9.87. The fraction of sp³-hybridized carbons (Fsp3) is 0.696. The van der Waals surface area contributed by atoms with Crippen LogP contribution >= 0.6 is 0 Å². The number of carbonyl (C=O) groups excluding carboxylic acids is 1. The van der Waals surface area contributed by atoms with E-state index in [2.05, 4.69) is 41.0 Å². The number of aryl methyl sites for hydroxylation is 1. The topological polar surface area (TPSA) is 42.0 Å². The van der Waals surface area contributed by atoms with Crippen LogP contribution in [0.5, 0.6) is 0 Å². The Labute approximate surface area is 169 Å². The highest BCUT2D eigenvalue weighted by Crippen LogP contribution is 2.46. The number of ether oxygens (including phenoxy) is 2. The van der Waals surface area contributed by atoms with Gasteiger partial charge in [-0.3, -0.25) is 4.79 Å². The van der Waals surface area contributed by atoms with Crippen LogP contribution in [-0.2, 0) is 14.3 Å². The van der Waals surface area contributed by atoms with Crippen molar-refractivity contribution >= 4 is 5.91 Å². The van der Waals surface area contributed by atoms with Crippen LogP contribution in [0.4, 0.5) is 0 Å². The molecule has 0 bridgehead atoms. The predicted molar refractivity (Wildman–Crippen MR) is 109 cm³/mol. The van der Waals surface area contributed by atoms with Crippen molar-refractivity contribution < 1.29 is 14.3 Å². The average Bonchev–Trinajstić information content (AvgIpc) is 3.26. The van der Waals surface area contributed by atoms with Gasteiger partial charge in [-0.2, -0.15) is 0 Å². The van der Waals surface area contributed by atoms with Crippen molar-refractivity contribution in [3.63, 3.8) is 0 Å². The minimum atomic E-state index is 0.133. The van der Waals surface area contributed by atoms with Gasteiger partial charge < -0.3 is 19.3 Å². The Balaban J connectivity index is 1.54. The van der Waals surface area contributed by atoms with Gasteiger partial charge in [0.25, 0.3) is 0 Å². The lowest BCUT2D eigenvalue weighted by Crippen LogP contribution is -2.41. The number of likely N-dealkylation sites (tertiary alicyclic amines) is 2. The van der Waals surface area contributed by atoms with Crippen molar-refractivity contribution in [1.29, 1.82) is 0 Å². The number of carbonyl (C=O) groups is 1. The SMILES string of the molecule is CCOCCN1C[C@H]2CN(C(=O)C3CCOCC3)[C@H](c3ccccc3C)[C@H]2C1. The molecule has 0 aromatic heterocycles. The molecule has 3 saturated heterocycles. The highest BCUT2D eigenvalue weighted by molar-refractivity contribution is 5.80. The van der Waals surface area contributed by atoms with Gasteiger partial charge in [-0.25, -0.2) is 0 Å². The molecule has 3 atom stereocenters. The van der Waals surface area contributed by atoms with Gasteiger partial charge in [0.1, 0.15) is 0 Å². The highest BCUT2D eigenvalue weighted by atomic mass is 16.5. The summed E-state index contributed by atoms with van der Waals surface area (Å²) in [4.78, 5) is 18.2. The molecule has 3 heterocycles. The minimum Gasteiger partial charge on any atom is -0.381 e. The quantitative estimate of drug-likeness (QED) is 0.705. The summed E-state index contributed by atoms with van der Waals surface area (Å²) in [6, 6.07) is 8.84. The van der Waals surface area contributed by atoms with E-state index in [0.29, 0.717) is 17.7 Å². The monoisotopic (exact) mass is 386 g/mol. The first-order valence-corrected chi connectivity index (χ1v) is 10.9. The summed E-state index contributed by atoms with van der Waals surface area (Å²) in [6.07, 6.45) is 1.73. The number of rotatable bonds is 6. The number of hydrogen-bond donors (Lipinski definition) is 0. The van der Waals surface area contributed by atoms with E-state index in [9.17, 15) is 4.79 Å². The first-order valence-electron chi connectivity index (χ1n) is 10.9. The normalized spacial score (nSPS) is 28.6. The molecular weight excluding hydrogens is 352 g/mol. The Bertz CT molecular complexity index is 674. The molecule has 0 N–H and O–H groups in total. The van der Waals surface area contributed by atoms with Crippen molar-refractivity contribution in [3.05, 3.63) is 35.4 Å². The van der Waals surface area contributed by atoms with Gasteiger partial charge in [0.15, 0.2) is 0 Å². The molecule has 1 aromatic carbocycles. The van der Waals surface area contributed by atoms with Gasteiger partial charge in [-0.1, -0.05) is 24.3 Å². The fourth-order valence-corrected chi connectivity index (χ4v) is 5.38. The van der Waals surface area contributed by atoms with Crippen LogP contribution in [0, 0.1) is 24.7 Å². The highest BCUT2D eigenvalue weighted by Gasteiger charge is 2.50. The maximum Gasteiger partial charge on any atom is 0.226 e. The molecular formula is C23H34N2O3. The first kappa shape index (κ1) is 19.9. The van der Waals surface area contributed by atoms with E-state index < -0.39 is 0 Å². The maximum atomic E-state index is 13.5. The largest absolute Gasteiger partial charge is 0.381 e. The summed E-state index contributed by atoms with van der Waals surface area (Å²) in [6.45, 7) is 11.3. The number of nitrogens with zero attached hydrogens (tertiary/aromatic N) is 2. The van der Waals surface area contributed by atoms with E-state index in [1.54, 1.807) is 0 Å². The van der Waals surface area contributed by atoms with E-state index >= 15 is 0 Å². The Morgan fingerprint density at radius 1 is 1.18 bits per heavy atom. The average molecular weight is 387 g/mol. The van der Waals surface area contributed by atoms with Gasteiger partial charge in [-0.15, -0.1) is 0 Å². The van der Waals surface area contributed by atoms with E-state index in [-0.39, 0.29) is 12.0 Å². The lowest BCUT2D eigenvalue weighted by Gasteiger charge is -2.34. The van der Waals surface area contributed by atoms with Gasteiger partial charge in [0.2, 0.25) is 5.91 Å². The number of fused-ring (bicyclic) bond motifs is 1. The third-order valence-electron chi connectivity index (χ3n) is 6.86. The molecule has 1 aromatic rings. The fourth-order valence-electron chi connectivity index (χ4n) is 5.38. The summed E-state index contributed by atoms with van der Waals surface area (Å²) in [5.41, 5.74) is 2.63. The molecule has 3 aliphatic heterocycles. The van der Waals surface area contributed by atoms with Gasteiger partial charge in [-0.05, 0) is 43.7 Å². The van der Waals surface area contributed by atoms with Crippen molar-refractivity contribution in [1.82, 2.24) is 9.80 Å². The smallest absolute Gasteiger partial charge is 0.226 e. The van der Waals surface area contributed by atoms with Crippen LogP contribution in [0.2, 0.25) is 0 Å². The second-order valence-corrected chi connectivity index (χ2v) is 8.56. The van der Waals surface area contributed by atoms with Crippen LogP contribution in [-0.4, -0.2) is 68.3 Å². The second-order valence-electron chi connectivity index (χ2n) is 8.56. The van der Waals surface area contributed by atoms with Gasteiger partial charge in [0.05, 0.1) is 12.6 Å². The maximum absolute atomic E-state index is 13.5. The van der Waals surface area contributed by atoms with E-state index in [1.165, 1.54) is 11.1 Å². The molecule has 3 fully saturated rings. The number of amides is 1. The van der Waals surface area contributed by atoms with Crippen molar-refractivity contribution in [3.8, 4) is 0 Å². The molecule has 5 heteroatoms. The number of hydrogen-bond acceptors (Lipinski definition) is 4. The summed E-state index contributed by atoms with van der Waals surface area (Å²) < 4.78 is 11.1. The minimum absolute atomic E-state index is 0.133. The molecule has 154 valence electrons. The van der Waals surface area contributed by atoms with Crippen LogP contribution in [0.3, 0.4) is 0 Å². The summed E-state index contributed by atoms with van der Waals surface area (Å²) >= 11 is 0. The molecule has 3 aliphatic rings. The molecule has 0 spiro atoms. The Morgan fingerprint density at radius 2 is 1.96 bits per heavy atom. The van der Waals surface area contributed by atoms with Crippen LogP contribution in [0.15, 0.2) is 24.3 Å². The Morgan fingerprint density at radius 3 is 2.71 bits per heavy atom. The molecule has 1 amide bonds. The second kappa shape index (κ2) is 8.93. The third kappa shape index (κ3) is 3.98. The third-order valence-corrected chi connectivity index (χ3v) is 6.86. The van der Waals surface area contributed by atoms with Gasteiger partial charge in [0, 0.05) is 57.8 Å².